The number of benzene rings is 2. The van der Waals surface area contributed by atoms with Crippen molar-refractivity contribution in [3.8, 4) is 11.5 Å². The van der Waals surface area contributed by atoms with Crippen molar-refractivity contribution in [2.45, 2.75) is 12.5 Å². The molecule has 2 aromatic rings. The largest absolute Gasteiger partial charge is 0.472 e. The molecule has 0 amide bonds. The number of allylic oxidation sites excluding steroid dienone is 2. The number of methoxy groups -OCH3 is 2. The van der Waals surface area contributed by atoms with Gasteiger partial charge in [0.2, 0.25) is 0 Å². The molecule has 32 heavy (non-hydrogen) atoms. The van der Waals surface area contributed by atoms with Gasteiger partial charge in [-0.05, 0) is 25.1 Å². The van der Waals surface area contributed by atoms with Crippen LogP contribution in [0.4, 0.5) is 0 Å². The van der Waals surface area contributed by atoms with E-state index in [2.05, 4.69) is 6.58 Å². The molecule has 2 aliphatic heterocycles. The summed E-state index contributed by atoms with van der Waals surface area (Å²) in [6.45, 7) is 5.95. The Bertz CT molecular complexity index is 1120. The van der Waals surface area contributed by atoms with Crippen LogP contribution < -0.4 is 9.47 Å². The predicted molar refractivity (Wildman–Crippen MR) is 116 cm³/mol. The highest BCUT2D eigenvalue weighted by Gasteiger charge is 2.53. The molecule has 0 aromatic heterocycles. The van der Waals surface area contributed by atoms with Gasteiger partial charge in [0.15, 0.2) is 19.2 Å². The normalized spacial score (nSPS) is 19.2. The monoisotopic (exact) mass is 436 g/mol. The van der Waals surface area contributed by atoms with Gasteiger partial charge in [-0.1, -0.05) is 30.9 Å². The van der Waals surface area contributed by atoms with Gasteiger partial charge in [-0.3, -0.25) is 0 Å². The lowest BCUT2D eigenvalue weighted by Crippen LogP contribution is -2.34. The molecule has 0 N–H and O–H groups in total. The first-order valence-electron chi connectivity index (χ1n) is 9.99. The van der Waals surface area contributed by atoms with E-state index in [0.29, 0.717) is 39.7 Å². The topological polar surface area (TPSA) is 72.5 Å². The second-order valence-corrected chi connectivity index (χ2v) is 7.22. The number of esters is 1. The summed E-state index contributed by atoms with van der Waals surface area (Å²) in [5, 5.41) is 0. The first-order valence-corrected chi connectivity index (χ1v) is 9.99. The van der Waals surface area contributed by atoms with Crippen molar-refractivity contribution in [2.24, 2.45) is 0 Å². The number of rotatable bonds is 8. The van der Waals surface area contributed by atoms with E-state index >= 15 is 0 Å². The Morgan fingerprint density at radius 1 is 1.09 bits per heavy atom. The van der Waals surface area contributed by atoms with Crippen molar-refractivity contribution in [1.29, 1.82) is 0 Å². The van der Waals surface area contributed by atoms with Crippen LogP contribution >= 0.6 is 0 Å². The van der Waals surface area contributed by atoms with Gasteiger partial charge < -0.3 is 28.4 Å². The van der Waals surface area contributed by atoms with Crippen LogP contribution in [0.15, 0.2) is 78.3 Å². The highest BCUT2D eigenvalue weighted by molar-refractivity contribution is 5.97. The van der Waals surface area contributed by atoms with Gasteiger partial charge in [-0.15, -0.1) is 0 Å². The zero-order valence-corrected chi connectivity index (χ0v) is 18.2. The van der Waals surface area contributed by atoms with Gasteiger partial charge in [0.05, 0.1) is 11.3 Å². The molecular formula is C25H24O7. The Kier molecular flexibility index (Phi) is 6.03. The molecule has 4 rings (SSSR count). The average Bonchev–Trinajstić information content (AvgIpc) is 3.09. The summed E-state index contributed by atoms with van der Waals surface area (Å²) < 4.78 is 33.4. The highest BCUT2D eigenvalue weighted by atomic mass is 16.7. The van der Waals surface area contributed by atoms with Crippen molar-refractivity contribution in [1.82, 2.24) is 0 Å². The fourth-order valence-electron chi connectivity index (χ4n) is 3.93. The van der Waals surface area contributed by atoms with Gasteiger partial charge >= 0.3 is 5.97 Å². The Hall–Kier alpha value is -3.55. The molecule has 1 atom stereocenters. The van der Waals surface area contributed by atoms with Crippen LogP contribution in [0.2, 0.25) is 0 Å². The number of carbonyl (C=O) groups excluding carboxylic acids is 1. The highest BCUT2D eigenvalue weighted by Crippen LogP contribution is 2.54. The third-order valence-corrected chi connectivity index (χ3v) is 5.26. The summed E-state index contributed by atoms with van der Waals surface area (Å²) >= 11 is 0. The Morgan fingerprint density at radius 3 is 2.62 bits per heavy atom. The van der Waals surface area contributed by atoms with E-state index in [1.54, 1.807) is 51.5 Å². The number of carbonyl (C=O) groups is 1. The maximum Gasteiger partial charge on any atom is 0.340 e. The lowest BCUT2D eigenvalue weighted by atomic mass is 9.77. The molecular weight excluding hydrogens is 412 g/mol. The van der Waals surface area contributed by atoms with Crippen LogP contribution in [-0.4, -0.2) is 33.8 Å². The number of hydrogen-bond acceptors (Lipinski definition) is 7. The maximum atomic E-state index is 12.9. The summed E-state index contributed by atoms with van der Waals surface area (Å²) in [6.07, 6.45) is 3.36. The fraction of sp³-hybridized carbons (Fsp3) is 0.240. The minimum absolute atomic E-state index is 0.0895. The molecule has 1 spiro atoms. The summed E-state index contributed by atoms with van der Waals surface area (Å²) in [6, 6.07) is 12.7. The maximum absolute atomic E-state index is 12.9. The van der Waals surface area contributed by atoms with Gasteiger partial charge in [0.1, 0.15) is 17.3 Å². The van der Waals surface area contributed by atoms with E-state index in [-0.39, 0.29) is 13.6 Å². The number of ether oxygens (including phenoxy) is 6. The van der Waals surface area contributed by atoms with Crippen LogP contribution in [-0.2, 0) is 24.5 Å². The van der Waals surface area contributed by atoms with E-state index in [0.717, 1.165) is 5.56 Å². The lowest BCUT2D eigenvalue weighted by molar-refractivity contribution is 0.00579. The number of hydrogen-bond donors (Lipinski definition) is 0. The van der Waals surface area contributed by atoms with E-state index in [4.69, 9.17) is 28.4 Å². The average molecular weight is 436 g/mol. The molecule has 2 heterocycles. The quantitative estimate of drug-likeness (QED) is 0.344. The van der Waals surface area contributed by atoms with Crippen LogP contribution in [0.25, 0.3) is 0 Å². The minimum atomic E-state index is -1.21. The standard InChI is InChI=1S/C25H24O7/c1-5-19-22(12-16(2)29-14-27-3)31-23-13-17(30-15-28-4)10-11-21(23)25(19)20-9-7-6-8-18(20)24(26)32-25/h5-13H,1,14-15H2,2-4H3/b16-12+. The second-order valence-electron chi connectivity index (χ2n) is 7.22. The Morgan fingerprint density at radius 2 is 1.88 bits per heavy atom. The van der Waals surface area contributed by atoms with Crippen molar-refractivity contribution in [3.63, 3.8) is 0 Å². The molecule has 1 unspecified atom stereocenters. The molecule has 0 bridgehead atoms. The third kappa shape index (κ3) is 3.55. The van der Waals surface area contributed by atoms with E-state index in [9.17, 15) is 4.79 Å². The molecule has 166 valence electrons. The predicted octanol–water partition coefficient (Wildman–Crippen LogP) is 4.44. The summed E-state index contributed by atoms with van der Waals surface area (Å²) in [5.41, 5.74) is 1.26. The van der Waals surface area contributed by atoms with Crippen molar-refractivity contribution < 1.29 is 33.2 Å². The number of fused-ring (bicyclic) bond motifs is 4. The van der Waals surface area contributed by atoms with Crippen LogP contribution in [0.1, 0.15) is 28.4 Å². The molecule has 0 saturated heterocycles. The smallest absolute Gasteiger partial charge is 0.340 e. The summed E-state index contributed by atoms with van der Waals surface area (Å²) in [4.78, 5) is 12.9. The summed E-state index contributed by atoms with van der Waals surface area (Å²) in [5.74, 6) is 1.62. The molecule has 7 heteroatoms. The first-order chi connectivity index (χ1) is 15.5. The molecule has 2 aromatic carbocycles. The second kappa shape index (κ2) is 8.90. The van der Waals surface area contributed by atoms with Gasteiger partial charge in [-0.2, -0.15) is 0 Å². The van der Waals surface area contributed by atoms with Gasteiger partial charge in [0, 0.05) is 43.1 Å². The van der Waals surface area contributed by atoms with Gasteiger partial charge in [-0.25, -0.2) is 4.79 Å². The van der Waals surface area contributed by atoms with E-state index < -0.39 is 11.6 Å². The van der Waals surface area contributed by atoms with Gasteiger partial charge in [0.25, 0.3) is 0 Å². The molecule has 0 fully saturated rings. The van der Waals surface area contributed by atoms with Crippen molar-refractivity contribution in [3.05, 3.63) is 95.0 Å². The zero-order valence-electron chi connectivity index (χ0n) is 18.2. The van der Waals surface area contributed by atoms with Crippen molar-refractivity contribution >= 4 is 5.97 Å². The first kappa shape index (κ1) is 21.7. The van der Waals surface area contributed by atoms with Crippen LogP contribution in [0.3, 0.4) is 0 Å². The zero-order chi connectivity index (χ0) is 22.7. The fourth-order valence-corrected chi connectivity index (χ4v) is 3.93. The van der Waals surface area contributed by atoms with E-state index in [1.807, 2.05) is 24.3 Å². The van der Waals surface area contributed by atoms with Crippen LogP contribution in [0.5, 0.6) is 11.5 Å². The Balaban J connectivity index is 1.94. The minimum Gasteiger partial charge on any atom is -0.472 e. The lowest BCUT2D eigenvalue weighted by Gasteiger charge is -2.37. The van der Waals surface area contributed by atoms with E-state index in [1.165, 1.54) is 0 Å². The van der Waals surface area contributed by atoms with Crippen molar-refractivity contribution in [2.75, 3.05) is 27.8 Å². The molecule has 7 nitrogen and oxygen atoms in total. The molecule has 0 aliphatic carbocycles. The Labute approximate surface area is 186 Å². The molecule has 0 saturated carbocycles. The molecule has 0 radical (unpaired) electrons. The third-order valence-electron chi connectivity index (χ3n) is 5.26. The SMILES string of the molecule is C=CC1=C(/C=C(\C)OCOC)Oc2cc(OCOC)ccc2C12OC(=O)c1ccccc12. The summed E-state index contributed by atoms with van der Waals surface area (Å²) in [7, 11) is 3.09. The van der Waals surface area contributed by atoms with Crippen LogP contribution in [0, 0.1) is 0 Å². The molecule has 2 aliphatic rings.